The van der Waals surface area contributed by atoms with Crippen LogP contribution in [0.15, 0.2) is 0 Å². The Bertz CT molecular complexity index is 181. The first-order valence-corrected chi connectivity index (χ1v) is 6.51. The summed E-state index contributed by atoms with van der Waals surface area (Å²) in [6.45, 7) is 15.3. The van der Waals surface area contributed by atoms with Gasteiger partial charge in [0.05, 0.1) is 6.61 Å². The third kappa shape index (κ3) is 5.28. The molecule has 0 bridgehead atoms. The van der Waals surface area contributed by atoms with E-state index < -0.39 is 0 Å². The van der Waals surface area contributed by atoms with E-state index in [9.17, 15) is 5.11 Å². The Morgan fingerprint density at radius 1 is 1.19 bits per heavy atom. The first-order valence-electron chi connectivity index (χ1n) is 6.51. The molecule has 98 valence electrons. The largest absolute Gasteiger partial charge is 0.394 e. The maximum absolute atomic E-state index is 9.53. The summed E-state index contributed by atoms with van der Waals surface area (Å²) in [5, 5.41) is 13.0. The maximum Gasteiger partial charge on any atom is 0.0611 e. The van der Waals surface area contributed by atoms with E-state index in [2.05, 4.69) is 51.8 Å². The molecule has 2 unspecified atom stereocenters. The molecule has 0 spiro atoms. The summed E-state index contributed by atoms with van der Waals surface area (Å²) in [6, 6.07) is 0.902. The fraction of sp³-hybridized carbons (Fsp3) is 1.00. The molecule has 16 heavy (non-hydrogen) atoms. The summed E-state index contributed by atoms with van der Waals surface area (Å²) < 4.78 is 0. The van der Waals surface area contributed by atoms with Crippen LogP contribution in [0.4, 0.5) is 0 Å². The van der Waals surface area contributed by atoms with E-state index in [-0.39, 0.29) is 12.1 Å². The van der Waals surface area contributed by atoms with Gasteiger partial charge < -0.3 is 15.3 Å². The van der Waals surface area contributed by atoms with Gasteiger partial charge in [0.1, 0.15) is 0 Å². The van der Waals surface area contributed by atoms with Crippen molar-refractivity contribution in [3.05, 3.63) is 0 Å². The van der Waals surface area contributed by atoms with E-state index in [1.807, 2.05) is 0 Å². The Morgan fingerprint density at radius 2 is 1.69 bits per heavy atom. The Balaban J connectivity index is 4.39. The molecule has 2 atom stereocenters. The molecule has 0 aliphatic carbocycles. The van der Waals surface area contributed by atoms with Crippen molar-refractivity contribution >= 4 is 0 Å². The molecule has 0 amide bonds. The Labute approximate surface area is 101 Å². The van der Waals surface area contributed by atoms with Crippen LogP contribution in [0.2, 0.25) is 0 Å². The van der Waals surface area contributed by atoms with Gasteiger partial charge in [0.15, 0.2) is 0 Å². The van der Waals surface area contributed by atoms with E-state index in [0.717, 1.165) is 19.5 Å². The minimum Gasteiger partial charge on any atom is -0.394 e. The zero-order valence-corrected chi connectivity index (χ0v) is 11.9. The third-order valence-corrected chi connectivity index (χ3v) is 3.17. The van der Waals surface area contributed by atoms with Gasteiger partial charge in [0.25, 0.3) is 0 Å². The van der Waals surface area contributed by atoms with E-state index in [0.29, 0.717) is 12.1 Å². The summed E-state index contributed by atoms with van der Waals surface area (Å²) in [7, 11) is 0. The van der Waals surface area contributed by atoms with Gasteiger partial charge in [-0.05, 0) is 33.4 Å². The van der Waals surface area contributed by atoms with E-state index in [1.54, 1.807) is 0 Å². The van der Waals surface area contributed by atoms with Crippen molar-refractivity contribution in [3.63, 3.8) is 0 Å². The Hall–Kier alpha value is -0.120. The molecule has 0 saturated heterocycles. The molecule has 0 aromatic carbocycles. The van der Waals surface area contributed by atoms with Crippen molar-refractivity contribution in [1.82, 2.24) is 10.2 Å². The fourth-order valence-corrected chi connectivity index (χ4v) is 2.49. The number of nitrogens with zero attached hydrogens (tertiary/aromatic N) is 1. The second kappa shape index (κ2) is 7.25. The van der Waals surface area contributed by atoms with Crippen LogP contribution in [0.1, 0.15) is 48.0 Å². The van der Waals surface area contributed by atoms with Crippen LogP contribution in [0.3, 0.4) is 0 Å². The van der Waals surface area contributed by atoms with E-state index >= 15 is 0 Å². The molecule has 0 heterocycles. The van der Waals surface area contributed by atoms with Crippen LogP contribution in [0, 0.1) is 0 Å². The van der Waals surface area contributed by atoms with Crippen molar-refractivity contribution in [2.75, 3.05) is 19.7 Å². The standard InChI is InChI=1S/C13H30N2O/c1-7-15(8-2)12(5)9-13(6,10-16)14-11(3)4/h11-12,14,16H,7-10H2,1-6H3. The monoisotopic (exact) mass is 230 g/mol. The fourth-order valence-electron chi connectivity index (χ4n) is 2.49. The van der Waals surface area contributed by atoms with Crippen LogP contribution in [0.25, 0.3) is 0 Å². The lowest BCUT2D eigenvalue weighted by atomic mass is 9.93. The molecule has 0 aliphatic heterocycles. The number of nitrogens with one attached hydrogen (secondary N) is 1. The number of rotatable bonds is 8. The first kappa shape index (κ1) is 15.9. The molecule has 3 nitrogen and oxygen atoms in total. The van der Waals surface area contributed by atoms with Crippen molar-refractivity contribution in [2.24, 2.45) is 0 Å². The molecule has 0 rings (SSSR count). The van der Waals surface area contributed by atoms with Crippen molar-refractivity contribution < 1.29 is 5.11 Å². The van der Waals surface area contributed by atoms with Crippen LogP contribution in [-0.4, -0.2) is 47.3 Å². The molecule has 2 N–H and O–H groups in total. The lowest BCUT2D eigenvalue weighted by Crippen LogP contribution is -2.53. The number of hydrogen-bond donors (Lipinski definition) is 2. The Kier molecular flexibility index (Phi) is 7.20. The predicted octanol–water partition coefficient (Wildman–Crippen LogP) is 1.86. The van der Waals surface area contributed by atoms with E-state index in [4.69, 9.17) is 0 Å². The van der Waals surface area contributed by atoms with Gasteiger partial charge in [-0.2, -0.15) is 0 Å². The van der Waals surface area contributed by atoms with Gasteiger partial charge in [0.2, 0.25) is 0 Å². The molecule has 0 fully saturated rings. The lowest BCUT2D eigenvalue weighted by molar-refractivity contribution is 0.113. The molecule has 0 aliphatic rings. The highest BCUT2D eigenvalue weighted by Gasteiger charge is 2.27. The van der Waals surface area contributed by atoms with Crippen LogP contribution in [-0.2, 0) is 0 Å². The average Bonchev–Trinajstić information content (AvgIpc) is 2.18. The minimum atomic E-state index is -0.170. The summed E-state index contributed by atoms with van der Waals surface area (Å²) in [6.07, 6.45) is 0.976. The quantitative estimate of drug-likeness (QED) is 0.668. The highest BCUT2D eigenvalue weighted by atomic mass is 16.3. The summed E-state index contributed by atoms with van der Waals surface area (Å²) in [4.78, 5) is 2.43. The highest BCUT2D eigenvalue weighted by Crippen LogP contribution is 2.16. The van der Waals surface area contributed by atoms with E-state index in [1.165, 1.54) is 0 Å². The van der Waals surface area contributed by atoms with Gasteiger partial charge in [-0.3, -0.25) is 0 Å². The summed E-state index contributed by atoms with van der Waals surface area (Å²) in [5.41, 5.74) is -0.170. The summed E-state index contributed by atoms with van der Waals surface area (Å²) >= 11 is 0. The molecule has 0 aromatic rings. The van der Waals surface area contributed by atoms with Gasteiger partial charge in [-0.25, -0.2) is 0 Å². The molecular weight excluding hydrogens is 200 g/mol. The zero-order chi connectivity index (χ0) is 12.8. The number of aliphatic hydroxyl groups excluding tert-OH is 1. The van der Waals surface area contributed by atoms with Gasteiger partial charge in [0, 0.05) is 17.6 Å². The summed E-state index contributed by atoms with van der Waals surface area (Å²) in [5.74, 6) is 0. The second-order valence-corrected chi connectivity index (χ2v) is 5.29. The van der Waals surface area contributed by atoms with Crippen molar-refractivity contribution in [3.8, 4) is 0 Å². The number of aliphatic hydroxyl groups is 1. The molecule has 3 heteroatoms. The molecule has 0 radical (unpaired) electrons. The SMILES string of the molecule is CCN(CC)C(C)CC(C)(CO)NC(C)C. The Morgan fingerprint density at radius 3 is 2.00 bits per heavy atom. The normalized spacial score (nSPS) is 17.8. The molecule has 0 aromatic heterocycles. The van der Waals surface area contributed by atoms with Crippen molar-refractivity contribution in [1.29, 1.82) is 0 Å². The number of hydrogen-bond acceptors (Lipinski definition) is 3. The van der Waals surface area contributed by atoms with Crippen LogP contribution < -0.4 is 5.32 Å². The highest BCUT2D eigenvalue weighted by molar-refractivity contribution is 4.88. The maximum atomic E-state index is 9.53. The van der Waals surface area contributed by atoms with Crippen molar-refractivity contribution in [2.45, 2.75) is 65.6 Å². The minimum absolute atomic E-state index is 0.170. The first-order chi connectivity index (χ1) is 7.38. The van der Waals surface area contributed by atoms with Crippen LogP contribution in [0.5, 0.6) is 0 Å². The average molecular weight is 230 g/mol. The van der Waals surface area contributed by atoms with Gasteiger partial charge in [-0.15, -0.1) is 0 Å². The predicted molar refractivity (Wildman–Crippen MR) is 70.8 cm³/mol. The van der Waals surface area contributed by atoms with Gasteiger partial charge >= 0.3 is 0 Å². The molecular formula is C13H30N2O. The zero-order valence-electron chi connectivity index (χ0n) is 11.9. The lowest BCUT2D eigenvalue weighted by Gasteiger charge is -2.37. The molecule has 0 saturated carbocycles. The topological polar surface area (TPSA) is 35.5 Å². The van der Waals surface area contributed by atoms with Crippen LogP contribution >= 0.6 is 0 Å². The second-order valence-electron chi connectivity index (χ2n) is 5.29. The van der Waals surface area contributed by atoms with Gasteiger partial charge in [-0.1, -0.05) is 27.7 Å². The smallest absolute Gasteiger partial charge is 0.0611 e. The third-order valence-electron chi connectivity index (χ3n) is 3.17.